The van der Waals surface area contributed by atoms with Gasteiger partial charge in [0.25, 0.3) is 0 Å². The van der Waals surface area contributed by atoms with Gasteiger partial charge in [-0.1, -0.05) is 87.3 Å². The Bertz CT molecular complexity index is 664. The molecule has 7 heteroatoms. The molecule has 0 saturated carbocycles. The molecule has 100 valence electrons. The maximum Gasteiger partial charge on any atom is 0.0800 e. The summed E-state index contributed by atoms with van der Waals surface area (Å²) in [6.07, 6.45) is 0. The normalized spacial score (nSPS) is 10.9. The molecule has 0 nitrogen and oxygen atoms in total. The zero-order valence-corrected chi connectivity index (χ0v) is 14.2. The van der Waals surface area contributed by atoms with Crippen molar-refractivity contribution in [2.75, 3.05) is 0 Å². The van der Waals surface area contributed by atoms with E-state index in [1.807, 2.05) is 0 Å². The first-order valence-electron chi connectivity index (χ1n) is 4.81. The summed E-state index contributed by atoms with van der Waals surface area (Å²) in [6, 6.07) is 4.86. The van der Waals surface area contributed by atoms with Gasteiger partial charge in [0.2, 0.25) is 0 Å². The van der Waals surface area contributed by atoms with Crippen molar-refractivity contribution in [3.8, 4) is 11.1 Å². The summed E-state index contributed by atoms with van der Waals surface area (Å²) in [7, 11) is 0. The van der Waals surface area contributed by atoms with E-state index in [2.05, 4.69) is 0 Å². The van der Waals surface area contributed by atoms with Crippen molar-refractivity contribution in [3.05, 3.63) is 53.4 Å². The number of rotatable bonds is 1. The van der Waals surface area contributed by atoms with Crippen LogP contribution in [0.5, 0.6) is 0 Å². The van der Waals surface area contributed by atoms with Gasteiger partial charge in [-0.3, -0.25) is 0 Å². The van der Waals surface area contributed by atoms with Crippen LogP contribution < -0.4 is 0 Å². The molecule has 0 fully saturated rings. The van der Waals surface area contributed by atoms with E-state index in [-0.39, 0.29) is 30.1 Å². The molecule has 0 amide bonds. The molecule has 0 atom stereocenters. The topological polar surface area (TPSA) is 0 Å². The Balaban J connectivity index is 2.77. The molecule has 0 bridgehead atoms. The summed E-state index contributed by atoms with van der Waals surface area (Å²) in [5, 5.41) is 1.72. The van der Waals surface area contributed by atoms with Crippen molar-refractivity contribution in [2.24, 2.45) is 0 Å². The van der Waals surface area contributed by atoms with Crippen LogP contribution in [0.4, 0.5) is 0 Å². The molecular weight excluding hydrogens is 392 g/mol. The maximum absolute atomic E-state index is 6.16. The molecule has 0 aromatic heterocycles. The lowest BCUT2D eigenvalue weighted by Gasteiger charge is -2.12. The van der Waals surface area contributed by atoms with Crippen molar-refractivity contribution >= 4 is 81.2 Å². The van der Waals surface area contributed by atoms with Crippen LogP contribution in [0.1, 0.15) is 0 Å². The van der Waals surface area contributed by atoms with E-state index in [0.717, 1.165) is 0 Å². The molecular formula is C12H3Cl7. The standard InChI is InChI=1S/C12H3Cl7/c13-6-2-1-4(8(15)10(6)17)5-3-7(14)11(18)12(19)9(5)16/h1-3H. The van der Waals surface area contributed by atoms with Gasteiger partial charge in [-0.05, 0) is 12.1 Å². The molecule has 0 saturated heterocycles. The number of hydrogen-bond donors (Lipinski definition) is 0. The van der Waals surface area contributed by atoms with Crippen molar-refractivity contribution in [3.63, 3.8) is 0 Å². The second kappa shape index (κ2) is 6.07. The smallest absolute Gasteiger partial charge is 0.0800 e. The van der Waals surface area contributed by atoms with Crippen molar-refractivity contribution < 1.29 is 0 Å². The third kappa shape index (κ3) is 2.91. The Morgan fingerprint density at radius 2 is 1.00 bits per heavy atom. The molecule has 0 unspecified atom stereocenters. The van der Waals surface area contributed by atoms with E-state index in [1.165, 1.54) is 0 Å². The summed E-state index contributed by atoms with van der Waals surface area (Å²) in [4.78, 5) is 0. The number of benzene rings is 2. The van der Waals surface area contributed by atoms with Gasteiger partial charge in [-0.2, -0.15) is 0 Å². The van der Waals surface area contributed by atoms with E-state index in [0.29, 0.717) is 16.1 Å². The lowest BCUT2D eigenvalue weighted by atomic mass is 10.1. The molecule has 0 radical (unpaired) electrons. The molecule has 0 heterocycles. The third-order valence-corrected chi connectivity index (χ3v) is 5.47. The summed E-state index contributed by atoms with van der Waals surface area (Å²) >= 11 is 42.1. The molecule has 0 N–H and O–H groups in total. The number of halogens is 7. The fourth-order valence-corrected chi connectivity index (χ4v) is 3.04. The molecule has 0 aliphatic heterocycles. The molecule has 19 heavy (non-hydrogen) atoms. The van der Waals surface area contributed by atoms with Gasteiger partial charge in [0.1, 0.15) is 0 Å². The van der Waals surface area contributed by atoms with Crippen LogP contribution in [-0.4, -0.2) is 0 Å². The Labute approximate surface area is 145 Å². The quantitative estimate of drug-likeness (QED) is 0.340. The molecule has 2 aromatic carbocycles. The van der Waals surface area contributed by atoms with Crippen LogP contribution >= 0.6 is 81.2 Å². The number of hydrogen-bond acceptors (Lipinski definition) is 0. The largest absolute Gasteiger partial charge is 0.0827 e. The van der Waals surface area contributed by atoms with Gasteiger partial charge in [0.15, 0.2) is 0 Å². The van der Waals surface area contributed by atoms with Crippen LogP contribution in [0.2, 0.25) is 35.2 Å². The Morgan fingerprint density at radius 1 is 0.474 bits per heavy atom. The lowest BCUT2D eigenvalue weighted by Crippen LogP contribution is -1.86. The van der Waals surface area contributed by atoms with E-state index < -0.39 is 0 Å². The highest BCUT2D eigenvalue weighted by Crippen LogP contribution is 2.46. The van der Waals surface area contributed by atoms with Gasteiger partial charge in [-0.25, -0.2) is 0 Å². The predicted molar refractivity (Wildman–Crippen MR) is 86.9 cm³/mol. The van der Waals surface area contributed by atoms with Crippen LogP contribution in [0.25, 0.3) is 11.1 Å². The highest BCUT2D eigenvalue weighted by atomic mass is 35.5. The van der Waals surface area contributed by atoms with Gasteiger partial charge >= 0.3 is 0 Å². The lowest BCUT2D eigenvalue weighted by molar-refractivity contribution is 1.61. The molecule has 0 aliphatic carbocycles. The molecule has 2 aromatic rings. The highest BCUT2D eigenvalue weighted by Gasteiger charge is 2.18. The predicted octanol–water partition coefficient (Wildman–Crippen LogP) is 7.93. The second-order valence-corrected chi connectivity index (χ2v) is 6.28. The van der Waals surface area contributed by atoms with E-state index >= 15 is 0 Å². The zero-order valence-electron chi connectivity index (χ0n) is 8.88. The zero-order chi connectivity index (χ0) is 14.3. The Hall–Kier alpha value is 0.470. The van der Waals surface area contributed by atoms with Gasteiger partial charge < -0.3 is 0 Å². The summed E-state index contributed by atoms with van der Waals surface area (Å²) in [6.45, 7) is 0. The van der Waals surface area contributed by atoms with E-state index in [1.54, 1.807) is 18.2 Å². The monoisotopic (exact) mass is 392 g/mol. The third-order valence-electron chi connectivity index (χ3n) is 2.43. The Morgan fingerprint density at radius 3 is 1.63 bits per heavy atom. The molecule has 2 rings (SSSR count). The maximum atomic E-state index is 6.16. The van der Waals surface area contributed by atoms with Crippen molar-refractivity contribution in [1.82, 2.24) is 0 Å². The fraction of sp³-hybridized carbons (Fsp3) is 0. The highest BCUT2D eigenvalue weighted by molar-refractivity contribution is 6.53. The van der Waals surface area contributed by atoms with E-state index in [9.17, 15) is 0 Å². The minimum absolute atomic E-state index is 0.160. The van der Waals surface area contributed by atoms with Crippen LogP contribution in [0.3, 0.4) is 0 Å². The van der Waals surface area contributed by atoms with Crippen molar-refractivity contribution in [1.29, 1.82) is 0 Å². The first kappa shape index (κ1) is 15.9. The summed E-state index contributed by atoms with van der Waals surface area (Å²) in [5.41, 5.74) is 1.10. The van der Waals surface area contributed by atoms with Crippen molar-refractivity contribution in [2.45, 2.75) is 0 Å². The average Bonchev–Trinajstić information content (AvgIpc) is 2.39. The van der Waals surface area contributed by atoms with Gasteiger partial charge in [0, 0.05) is 11.1 Å². The summed E-state index contributed by atoms with van der Waals surface area (Å²) in [5.74, 6) is 0. The first-order chi connectivity index (χ1) is 8.84. The molecule has 0 aliphatic rings. The minimum atomic E-state index is 0.160. The Kier molecular flexibility index (Phi) is 5.07. The minimum Gasteiger partial charge on any atom is -0.0827 e. The van der Waals surface area contributed by atoms with Crippen LogP contribution in [0, 0.1) is 0 Å². The average molecular weight is 395 g/mol. The van der Waals surface area contributed by atoms with Crippen LogP contribution in [0.15, 0.2) is 18.2 Å². The van der Waals surface area contributed by atoms with Crippen LogP contribution in [-0.2, 0) is 0 Å². The SMILES string of the molecule is Clc1ccc(-c2cc(Cl)c(Cl)c(Cl)c2Cl)c(Cl)c1Cl. The molecule has 0 spiro atoms. The van der Waals surface area contributed by atoms with Gasteiger partial charge in [0.05, 0.1) is 35.2 Å². The summed E-state index contributed by atoms with van der Waals surface area (Å²) < 4.78 is 0. The second-order valence-electron chi connectivity index (χ2n) is 3.57. The van der Waals surface area contributed by atoms with E-state index in [4.69, 9.17) is 81.2 Å². The van der Waals surface area contributed by atoms with Gasteiger partial charge in [-0.15, -0.1) is 0 Å². The fourth-order valence-electron chi connectivity index (χ4n) is 1.50. The first-order valence-corrected chi connectivity index (χ1v) is 7.46.